The zero-order valence-electron chi connectivity index (χ0n) is 31.9. The van der Waals surface area contributed by atoms with Gasteiger partial charge in [0.05, 0.1) is 29.9 Å². The second-order valence-electron chi connectivity index (χ2n) is 13.1. The number of benzene rings is 3. The summed E-state index contributed by atoms with van der Waals surface area (Å²) >= 11 is 0. The molecule has 11 nitrogen and oxygen atoms in total. The number of esters is 1. The van der Waals surface area contributed by atoms with Crippen LogP contribution in [0.5, 0.6) is 34.5 Å². The summed E-state index contributed by atoms with van der Waals surface area (Å²) in [4.78, 5) is 25.9. The van der Waals surface area contributed by atoms with E-state index in [9.17, 15) is 20.1 Å². The molecule has 0 aliphatic heterocycles. The lowest BCUT2D eigenvalue weighted by Gasteiger charge is -2.16. The molecule has 0 saturated heterocycles. The van der Waals surface area contributed by atoms with E-state index in [1.54, 1.807) is 64.1 Å². The van der Waals surface area contributed by atoms with Crippen LogP contribution in [0.15, 0.2) is 48.6 Å². The number of hydrogen-bond acceptors (Lipinski definition) is 11. The van der Waals surface area contributed by atoms with Crippen molar-refractivity contribution >= 4 is 5.97 Å². The van der Waals surface area contributed by atoms with Gasteiger partial charge < -0.3 is 34.3 Å². The zero-order chi connectivity index (χ0) is 38.5. The molecular weight excluding hydrogens is 674 g/mol. The molecule has 0 bridgehead atoms. The monoisotopic (exact) mass is 727 g/mol. The first-order valence-electron chi connectivity index (χ1n) is 18.4. The molecule has 0 spiro atoms. The number of aromatic hydroxyl groups is 3. The Labute approximate surface area is 312 Å². The molecule has 0 aliphatic rings. The maximum absolute atomic E-state index is 11.7. The lowest BCUT2D eigenvalue weighted by atomic mass is 10.1. The van der Waals surface area contributed by atoms with Gasteiger partial charge in [-0.25, -0.2) is 19.7 Å². The average Bonchev–Trinajstić information content (AvgIpc) is 3.14. The van der Waals surface area contributed by atoms with Gasteiger partial charge >= 0.3 is 5.97 Å². The minimum absolute atomic E-state index is 0.00499. The van der Waals surface area contributed by atoms with E-state index >= 15 is 0 Å². The van der Waals surface area contributed by atoms with Crippen LogP contribution in [0, 0.1) is 20.8 Å². The number of rotatable bonds is 20. The highest BCUT2D eigenvalue weighted by Gasteiger charge is 2.23. The second kappa shape index (κ2) is 19.5. The smallest absolute Gasteiger partial charge is 0.333 e. The van der Waals surface area contributed by atoms with Gasteiger partial charge in [-0.3, -0.25) is 0 Å². The quantitative estimate of drug-likeness (QED) is 0.0453. The molecule has 4 rings (SSSR count). The number of unbranched alkanes of at least 4 members (excludes halogenated alkanes) is 6. The molecule has 284 valence electrons. The Morgan fingerprint density at radius 1 is 0.566 bits per heavy atom. The largest absolute Gasteiger partial charge is 0.507 e. The number of hydrogen-bond donors (Lipinski definition) is 3. The second-order valence-corrected chi connectivity index (χ2v) is 13.1. The van der Waals surface area contributed by atoms with E-state index in [2.05, 4.69) is 20.4 Å². The highest BCUT2D eigenvalue weighted by Crippen LogP contribution is 2.41. The van der Waals surface area contributed by atoms with Crippen LogP contribution in [-0.4, -0.2) is 62.7 Å². The van der Waals surface area contributed by atoms with E-state index in [0.29, 0.717) is 58.3 Å². The van der Waals surface area contributed by atoms with Crippen molar-refractivity contribution in [2.24, 2.45) is 0 Å². The SMILES string of the molecule is C=C(C)C(=O)OCCOc1ccc(-c2nc(-c3ccc(OCCCCCC)c(C)c3O)nc(-c3ccc(OCCCCCC)c(C)c3O)n2)c(O)c1C. The highest BCUT2D eigenvalue weighted by atomic mass is 16.6. The molecule has 4 aromatic rings. The van der Waals surface area contributed by atoms with Crippen LogP contribution in [0.25, 0.3) is 34.2 Å². The third-order valence-corrected chi connectivity index (χ3v) is 8.94. The topological polar surface area (TPSA) is 153 Å². The summed E-state index contributed by atoms with van der Waals surface area (Å²) in [5.74, 6) is 1.12. The van der Waals surface area contributed by atoms with Crippen LogP contribution in [0.4, 0.5) is 0 Å². The van der Waals surface area contributed by atoms with Crippen LogP contribution < -0.4 is 14.2 Å². The minimum atomic E-state index is -0.512. The Hall–Kier alpha value is -5.32. The van der Waals surface area contributed by atoms with Crippen LogP contribution in [0.3, 0.4) is 0 Å². The fourth-order valence-electron chi connectivity index (χ4n) is 5.62. The predicted octanol–water partition coefficient (Wildman–Crippen LogP) is 9.33. The predicted molar refractivity (Wildman–Crippen MR) is 206 cm³/mol. The van der Waals surface area contributed by atoms with Crippen LogP contribution in [0.2, 0.25) is 0 Å². The lowest BCUT2D eigenvalue weighted by molar-refractivity contribution is -0.139. The van der Waals surface area contributed by atoms with Gasteiger partial charge in [0.15, 0.2) is 17.5 Å². The number of phenolic OH excluding ortho intramolecular Hbond substituents is 3. The fraction of sp³-hybridized carbons (Fsp3) is 0.429. The van der Waals surface area contributed by atoms with Gasteiger partial charge in [0.25, 0.3) is 0 Å². The Balaban J connectivity index is 1.73. The third kappa shape index (κ3) is 10.4. The highest BCUT2D eigenvalue weighted by molar-refractivity contribution is 5.86. The van der Waals surface area contributed by atoms with Crippen molar-refractivity contribution in [3.63, 3.8) is 0 Å². The molecule has 3 N–H and O–H groups in total. The zero-order valence-corrected chi connectivity index (χ0v) is 31.9. The molecule has 3 aromatic carbocycles. The lowest BCUT2D eigenvalue weighted by Crippen LogP contribution is -2.12. The van der Waals surface area contributed by atoms with Crippen molar-refractivity contribution < 1.29 is 39.1 Å². The van der Waals surface area contributed by atoms with Crippen LogP contribution >= 0.6 is 0 Å². The molecule has 0 atom stereocenters. The summed E-state index contributed by atoms with van der Waals surface area (Å²) in [6.45, 7) is 15.8. The standard InChI is InChI=1S/C42H53N3O8/c1-8-10-12-14-22-50-33-19-16-30(36(46)27(33)5)39-43-40(31-17-20-34(28(6)37(31)47)51-23-15-13-11-9-2)45-41(44-39)32-18-21-35(29(7)38(32)48)52-24-25-53-42(49)26(3)4/h16-21,46-48H,3,8-15,22-25H2,1-2,4-7H3. The van der Waals surface area contributed by atoms with Crippen molar-refractivity contribution in [1.82, 2.24) is 15.0 Å². The van der Waals surface area contributed by atoms with E-state index in [4.69, 9.17) is 33.9 Å². The van der Waals surface area contributed by atoms with Crippen molar-refractivity contribution in [2.75, 3.05) is 26.4 Å². The number of carbonyl (C=O) groups is 1. The van der Waals surface area contributed by atoms with Crippen LogP contribution in [0.1, 0.15) is 88.8 Å². The van der Waals surface area contributed by atoms with E-state index < -0.39 is 5.97 Å². The van der Waals surface area contributed by atoms with E-state index in [0.717, 1.165) is 51.4 Å². The number of ether oxygens (including phenoxy) is 4. The van der Waals surface area contributed by atoms with Gasteiger partial charge in [0, 0.05) is 22.3 Å². The van der Waals surface area contributed by atoms with Crippen molar-refractivity contribution in [3.05, 3.63) is 65.2 Å². The maximum atomic E-state index is 11.7. The third-order valence-electron chi connectivity index (χ3n) is 8.94. The van der Waals surface area contributed by atoms with E-state index in [1.165, 1.54) is 0 Å². The van der Waals surface area contributed by atoms with E-state index in [-0.39, 0.29) is 59.1 Å². The Bertz CT molecular complexity index is 1800. The van der Waals surface area contributed by atoms with Gasteiger partial charge in [0.2, 0.25) is 0 Å². The summed E-state index contributed by atoms with van der Waals surface area (Å²) in [5.41, 5.74) is 2.71. The molecule has 0 saturated carbocycles. The molecular formula is C42H53N3O8. The van der Waals surface area contributed by atoms with Crippen molar-refractivity contribution in [1.29, 1.82) is 0 Å². The molecule has 0 aliphatic carbocycles. The first-order valence-corrected chi connectivity index (χ1v) is 18.4. The maximum Gasteiger partial charge on any atom is 0.333 e. The molecule has 11 heteroatoms. The molecule has 0 fully saturated rings. The first-order chi connectivity index (χ1) is 25.5. The Morgan fingerprint density at radius 2 is 0.925 bits per heavy atom. The Morgan fingerprint density at radius 3 is 1.26 bits per heavy atom. The molecule has 1 heterocycles. The first kappa shape index (κ1) is 40.5. The van der Waals surface area contributed by atoms with Crippen molar-refractivity contribution in [3.8, 4) is 68.7 Å². The molecule has 0 unspecified atom stereocenters. The summed E-state index contributed by atoms with van der Waals surface area (Å²) in [5, 5.41) is 34.2. The van der Waals surface area contributed by atoms with E-state index in [1.807, 2.05) is 0 Å². The summed E-state index contributed by atoms with van der Waals surface area (Å²) in [7, 11) is 0. The van der Waals surface area contributed by atoms with Crippen LogP contribution in [-0.2, 0) is 9.53 Å². The molecule has 1 aromatic heterocycles. The number of nitrogens with zero attached hydrogens (tertiary/aromatic N) is 3. The molecule has 0 amide bonds. The summed E-state index contributed by atoms with van der Waals surface area (Å²) < 4.78 is 22.9. The minimum Gasteiger partial charge on any atom is -0.507 e. The average molecular weight is 728 g/mol. The summed E-state index contributed by atoms with van der Waals surface area (Å²) in [6, 6.07) is 10.2. The van der Waals surface area contributed by atoms with Gasteiger partial charge in [-0.1, -0.05) is 59.0 Å². The summed E-state index contributed by atoms with van der Waals surface area (Å²) in [6.07, 6.45) is 8.49. The van der Waals surface area contributed by atoms with Gasteiger partial charge in [0.1, 0.15) is 47.7 Å². The molecule has 0 radical (unpaired) electrons. The van der Waals surface area contributed by atoms with Gasteiger partial charge in [-0.15, -0.1) is 0 Å². The normalized spacial score (nSPS) is 11.0. The van der Waals surface area contributed by atoms with Gasteiger partial charge in [-0.2, -0.15) is 0 Å². The molecule has 53 heavy (non-hydrogen) atoms. The fourth-order valence-corrected chi connectivity index (χ4v) is 5.62. The number of phenols is 3. The van der Waals surface area contributed by atoms with Crippen molar-refractivity contribution in [2.45, 2.75) is 92.9 Å². The Kier molecular flexibility index (Phi) is 14.9. The number of aromatic nitrogens is 3. The van der Waals surface area contributed by atoms with Gasteiger partial charge in [-0.05, 0) is 76.9 Å². The number of carbonyl (C=O) groups excluding carboxylic acids is 1.